The van der Waals surface area contributed by atoms with Crippen molar-refractivity contribution in [2.45, 2.75) is 64.1 Å². The molecule has 2 atom stereocenters. The van der Waals surface area contributed by atoms with Gasteiger partial charge in [-0.2, -0.15) is 0 Å². The lowest BCUT2D eigenvalue weighted by molar-refractivity contribution is -0.00795. The Hall–Kier alpha value is -2.93. The average Bonchev–Trinajstić information content (AvgIpc) is 3.25. The second-order valence-corrected chi connectivity index (χ2v) is 9.28. The van der Waals surface area contributed by atoms with Gasteiger partial charge >= 0.3 is 6.09 Å². The Balaban J connectivity index is 1.70. The molecule has 4 heterocycles. The van der Waals surface area contributed by atoms with E-state index in [2.05, 4.69) is 9.97 Å². The molecule has 0 spiro atoms. The van der Waals surface area contributed by atoms with Gasteiger partial charge < -0.3 is 9.15 Å². The summed E-state index contributed by atoms with van der Waals surface area (Å²) in [5.74, 6) is 0.598. The van der Waals surface area contributed by atoms with Crippen molar-refractivity contribution >= 4 is 17.7 Å². The number of carbonyl (C=O) groups excluding carboxylic acids is 1. The van der Waals surface area contributed by atoms with Crippen LogP contribution in [0, 0.1) is 0 Å². The summed E-state index contributed by atoms with van der Waals surface area (Å²) in [6.45, 7) is 5.59. The molecule has 7 nitrogen and oxygen atoms in total. The molecule has 0 aromatic carbocycles. The fourth-order valence-electron chi connectivity index (χ4n) is 4.05. The van der Waals surface area contributed by atoms with Crippen molar-refractivity contribution in [1.29, 1.82) is 0 Å². The van der Waals surface area contributed by atoms with E-state index in [1.165, 1.54) is 0 Å². The molecule has 0 saturated carbocycles. The van der Waals surface area contributed by atoms with Crippen LogP contribution in [0.4, 0.5) is 4.79 Å². The molecule has 1 saturated heterocycles. The predicted molar refractivity (Wildman–Crippen MR) is 120 cm³/mol. The summed E-state index contributed by atoms with van der Waals surface area (Å²) in [5, 5.41) is 0.539. The summed E-state index contributed by atoms with van der Waals surface area (Å²) in [6, 6.07) is 8.87. The van der Waals surface area contributed by atoms with Gasteiger partial charge in [-0.05, 0) is 64.3 Å². The Morgan fingerprint density at radius 1 is 1.16 bits per heavy atom. The number of carbonyl (C=O) groups is 1. The molecule has 1 amide bonds. The average molecular weight is 455 g/mol. The zero-order chi connectivity index (χ0) is 22.7. The largest absolute Gasteiger partial charge is 0.449 e. The summed E-state index contributed by atoms with van der Waals surface area (Å²) in [4.78, 5) is 28.7. The van der Waals surface area contributed by atoms with Crippen LogP contribution in [-0.4, -0.2) is 31.5 Å². The highest BCUT2D eigenvalue weighted by atomic mass is 35.5. The van der Waals surface area contributed by atoms with Crippen molar-refractivity contribution in [3.8, 4) is 0 Å². The van der Waals surface area contributed by atoms with E-state index in [0.717, 1.165) is 30.7 Å². The maximum Gasteiger partial charge on any atom is 0.411 e. The van der Waals surface area contributed by atoms with Crippen LogP contribution in [0.15, 0.2) is 53.4 Å². The van der Waals surface area contributed by atoms with E-state index in [4.69, 9.17) is 25.7 Å². The lowest BCUT2D eigenvalue weighted by Gasteiger charge is -2.42. The fourth-order valence-corrected chi connectivity index (χ4v) is 4.30. The molecular weight excluding hydrogens is 428 g/mol. The van der Waals surface area contributed by atoms with E-state index in [1.54, 1.807) is 35.7 Å². The van der Waals surface area contributed by atoms with Gasteiger partial charge in [-0.1, -0.05) is 17.7 Å². The highest BCUT2D eigenvalue weighted by molar-refractivity contribution is 6.31. The van der Waals surface area contributed by atoms with Gasteiger partial charge in [0.15, 0.2) is 5.89 Å². The lowest BCUT2D eigenvalue weighted by atomic mass is 9.91. The zero-order valence-corrected chi connectivity index (χ0v) is 19.2. The van der Waals surface area contributed by atoms with E-state index < -0.39 is 11.7 Å². The normalized spacial score (nSPS) is 19.1. The highest BCUT2D eigenvalue weighted by Gasteiger charge is 2.40. The lowest BCUT2D eigenvalue weighted by Crippen LogP contribution is -2.44. The Bertz CT molecular complexity index is 1070. The Morgan fingerprint density at radius 3 is 2.69 bits per heavy atom. The molecule has 168 valence electrons. The van der Waals surface area contributed by atoms with Crippen molar-refractivity contribution in [3.63, 3.8) is 0 Å². The number of rotatable bonds is 4. The monoisotopic (exact) mass is 454 g/mol. The number of halogens is 1. The first kappa shape index (κ1) is 22.3. The van der Waals surface area contributed by atoms with Gasteiger partial charge in [0.2, 0.25) is 0 Å². The number of hydrogen-bond acceptors (Lipinski definition) is 6. The number of aromatic nitrogens is 3. The van der Waals surface area contributed by atoms with Crippen molar-refractivity contribution in [1.82, 2.24) is 19.9 Å². The number of amides is 1. The van der Waals surface area contributed by atoms with Crippen LogP contribution in [-0.2, 0) is 11.2 Å². The summed E-state index contributed by atoms with van der Waals surface area (Å²) in [5.41, 5.74) is 1.68. The van der Waals surface area contributed by atoms with Crippen LogP contribution in [0.25, 0.3) is 0 Å². The van der Waals surface area contributed by atoms with Crippen LogP contribution < -0.4 is 0 Å². The maximum absolute atomic E-state index is 13.4. The molecular formula is C24H27ClN4O3. The molecule has 0 aliphatic carbocycles. The quantitative estimate of drug-likeness (QED) is 0.487. The molecule has 1 aliphatic heterocycles. The van der Waals surface area contributed by atoms with Crippen molar-refractivity contribution in [2.75, 3.05) is 0 Å². The first-order valence-electron chi connectivity index (χ1n) is 10.8. The first-order chi connectivity index (χ1) is 15.3. The molecule has 0 bridgehead atoms. The Labute approximate surface area is 192 Å². The zero-order valence-electron chi connectivity index (χ0n) is 18.5. The van der Waals surface area contributed by atoms with Gasteiger partial charge in [0.25, 0.3) is 0 Å². The molecule has 0 radical (unpaired) electrons. The van der Waals surface area contributed by atoms with Gasteiger partial charge in [0.05, 0.1) is 41.1 Å². The highest BCUT2D eigenvalue weighted by Crippen LogP contribution is 2.43. The van der Waals surface area contributed by atoms with Crippen molar-refractivity contribution in [3.05, 3.63) is 77.0 Å². The number of ether oxygens (including phenoxy) is 1. The number of oxazole rings is 1. The molecule has 2 unspecified atom stereocenters. The SMILES string of the molecule is CC(C)(C)OC(=O)N1C(c2cccc(Cc3ncco3)n2)CCCC1c1ncccc1Cl. The van der Waals surface area contributed by atoms with Gasteiger partial charge in [0.1, 0.15) is 11.9 Å². The first-order valence-corrected chi connectivity index (χ1v) is 11.2. The predicted octanol–water partition coefficient (Wildman–Crippen LogP) is 5.91. The summed E-state index contributed by atoms with van der Waals surface area (Å²) >= 11 is 6.48. The fraction of sp³-hybridized carbons (Fsp3) is 0.417. The standard InChI is InChI=1S/C24H27ClN4O3/c1-24(2,3)32-23(30)29-19(10-5-11-20(29)22-17(25)8-6-12-27-22)18-9-4-7-16(28-18)15-21-26-13-14-31-21/h4,6-9,12-14,19-20H,5,10-11,15H2,1-3H3. The molecule has 1 fully saturated rings. The Kier molecular flexibility index (Phi) is 6.46. The summed E-state index contributed by atoms with van der Waals surface area (Å²) in [7, 11) is 0. The number of pyridine rings is 2. The third kappa shape index (κ3) is 5.10. The van der Waals surface area contributed by atoms with Gasteiger partial charge in [-0.25, -0.2) is 9.78 Å². The minimum Gasteiger partial charge on any atom is -0.449 e. The van der Waals surface area contributed by atoms with E-state index in [9.17, 15) is 4.79 Å². The minimum atomic E-state index is -0.627. The summed E-state index contributed by atoms with van der Waals surface area (Å²) < 4.78 is 11.2. The maximum atomic E-state index is 13.4. The number of piperidine rings is 1. The smallest absolute Gasteiger partial charge is 0.411 e. The van der Waals surface area contributed by atoms with Crippen LogP contribution in [0.2, 0.25) is 5.02 Å². The molecule has 1 aliphatic rings. The number of nitrogens with zero attached hydrogens (tertiary/aromatic N) is 4. The van der Waals surface area contributed by atoms with Gasteiger partial charge in [-0.15, -0.1) is 0 Å². The van der Waals surface area contributed by atoms with E-state index in [-0.39, 0.29) is 12.1 Å². The van der Waals surface area contributed by atoms with Gasteiger partial charge in [-0.3, -0.25) is 14.9 Å². The van der Waals surface area contributed by atoms with E-state index in [0.29, 0.717) is 23.0 Å². The van der Waals surface area contributed by atoms with Crippen LogP contribution in [0.5, 0.6) is 0 Å². The number of hydrogen-bond donors (Lipinski definition) is 0. The summed E-state index contributed by atoms with van der Waals surface area (Å²) in [6.07, 6.45) is 7.39. The second kappa shape index (κ2) is 9.28. The molecule has 4 rings (SSSR count). The molecule has 3 aromatic rings. The molecule has 0 N–H and O–H groups in total. The topological polar surface area (TPSA) is 81.4 Å². The van der Waals surface area contributed by atoms with Crippen LogP contribution in [0.1, 0.15) is 75.1 Å². The van der Waals surface area contributed by atoms with Crippen LogP contribution in [0.3, 0.4) is 0 Å². The minimum absolute atomic E-state index is 0.258. The van der Waals surface area contributed by atoms with E-state index >= 15 is 0 Å². The number of likely N-dealkylation sites (tertiary alicyclic amines) is 1. The van der Waals surface area contributed by atoms with Gasteiger partial charge in [0, 0.05) is 11.9 Å². The third-order valence-electron chi connectivity index (χ3n) is 5.32. The molecule has 32 heavy (non-hydrogen) atoms. The third-order valence-corrected chi connectivity index (χ3v) is 5.64. The van der Waals surface area contributed by atoms with Crippen LogP contribution >= 0.6 is 11.6 Å². The van der Waals surface area contributed by atoms with Crippen molar-refractivity contribution in [2.24, 2.45) is 0 Å². The van der Waals surface area contributed by atoms with Crippen molar-refractivity contribution < 1.29 is 13.9 Å². The Morgan fingerprint density at radius 2 is 1.97 bits per heavy atom. The second-order valence-electron chi connectivity index (χ2n) is 8.88. The molecule has 8 heteroatoms. The van der Waals surface area contributed by atoms with E-state index in [1.807, 2.05) is 39.0 Å². The molecule has 3 aromatic heterocycles.